The average molecular weight is 1020 g/mol. The van der Waals surface area contributed by atoms with Crippen LogP contribution in [0.25, 0.3) is 11.1 Å². The minimum atomic E-state index is -0.970. The zero-order chi connectivity index (χ0) is 52.0. The summed E-state index contributed by atoms with van der Waals surface area (Å²) in [4.78, 5) is 98.5. The van der Waals surface area contributed by atoms with Gasteiger partial charge in [-0.2, -0.15) is 0 Å². The molecule has 390 valence electrons. The van der Waals surface area contributed by atoms with E-state index in [0.29, 0.717) is 76.0 Å². The highest BCUT2D eigenvalue weighted by Crippen LogP contribution is 2.41. The number of aryl methyl sites for hydroxylation is 1. The van der Waals surface area contributed by atoms with Gasteiger partial charge in [-0.3, -0.25) is 53.7 Å². The Morgan fingerprint density at radius 2 is 1.55 bits per heavy atom. The van der Waals surface area contributed by atoms with Gasteiger partial charge >= 0.3 is 0 Å². The van der Waals surface area contributed by atoms with Crippen molar-refractivity contribution in [2.75, 3.05) is 54.4 Å². The molecule has 1 saturated carbocycles. The maximum absolute atomic E-state index is 14.0. The van der Waals surface area contributed by atoms with Crippen LogP contribution in [0.5, 0.6) is 0 Å². The van der Waals surface area contributed by atoms with Gasteiger partial charge in [0.25, 0.3) is 23.3 Å². The van der Waals surface area contributed by atoms with E-state index < -0.39 is 23.8 Å². The van der Waals surface area contributed by atoms with Gasteiger partial charge in [0.05, 0.1) is 29.6 Å². The van der Waals surface area contributed by atoms with Crippen LogP contribution in [0.1, 0.15) is 125 Å². The summed E-state index contributed by atoms with van der Waals surface area (Å²) < 4.78 is 3.68. The number of aliphatic hydroxyl groups excluding tert-OH is 1. The summed E-state index contributed by atoms with van der Waals surface area (Å²) in [6.07, 6.45) is 12.9. The number of fused-ring (bicyclic) bond motifs is 4. The van der Waals surface area contributed by atoms with Crippen molar-refractivity contribution in [3.8, 4) is 11.1 Å². The quantitative estimate of drug-likeness (QED) is 0.151. The molecule has 5 aliphatic heterocycles. The second-order valence-electron chi connectivity index (χ2n) is 22.8. The Labute approximate surface area is 435 Å². The Kier molecular flexibility index (Phi) is 12.4. The highest BCUT2D eigenvalue weighted by Gasteiger charge is 2.46. The molecule has 3 atom stereocenters. The predicted octanol–water partition coefficient (Wildman–Crippen LogP) is 5.38. The molecule has 0 spiro atoms. The van der Waals surface area contributed by atoms with E-state index in [-0.39, 0.29) is 54.2 Å². The van der Waals surface area contributed by atoms with Gasteiger partial charge in [-0.15, -0.1) is 0 Å². The first-order valence-corrected chi connectivity index (χ1v) is 26.8. The molecule has 5 aromatic rings. The molecule has 12 rings (SSSR count). The number of likely N-dealkylation sites (tertiary alicyclic amines) is 1. The smallest absolute Gasteiger partial charge is 0.276 e. The number of amides is 5. The second kappa shape index (κ2) is 19.0. The number of imide groups is 2. The Balaban J connectivity index is 0.647. The number of piperazine rings is 1. The number of hydrogen-bond acceptors (Lipinski definition) is 13. The van der Waals surface area contributed by atoms with Gasteiger partial charge in [0.2, 0.25) is 11.8 Å². The van der Waals surface area contributed by atoms with E-state index in [2.05, 4.69) is 61.7 Å². The van der Waals surface area contributed by atoms with Crippen molar-refractivity contribution in [3.63, 3.8) is 0 Å². The number of benzene rings is 1. The van der Waals surface area contributed by atoms with Crippen LogP contribution in [-0.4, -0.2) is 132 Å². The Morgan fingerprint density at radius 3 is 2.28 bits per heavy atom. The van der Waals surface area contributed by atoms with Crippen molar-refractivity contribution in [1.82, 2.24) is 39.1 Å². The van der Waals surface area contributed by atoms with Crippen LogP contribution in [0, 0.1) is 5.41 Å². The van der Waals surface area contributed by atoms with Crippen LogP contribution in [-0.2, 0) is 42.6 Å². The molecule has 4 fully saturated rings. The molecule has 3 N–H and O–H groups in total. The molecule has 9 heterocycles. The summed E-state index contributed by atoms with van der Waals surface area (Å²) in [6, 6.07) is 15.5. The highest BCUT2D eigenvalue weighted by molar-refractivity contribution is 6.23. The monoisotopic (exact) mass is 1020 g/mol. The van der Waals surface area contributed by atoms with E-state index in [1.807, 2.05) is 36.5 Å². The van der Waals surface area contributed by atoms with Crippen LogP contribution >= 0.6 is 0 Å². The van der Waals surface area contributed by atoms with Crippen molar-refractivity contribution in [2.45, 2.75) is 122 Å². The maximum Gasteiger partial charge on any atom is 0.276 e. The van der Waals surface area contributed by atoms with E-state index in [4.69, 9.17) is 4.98 Å². The van der Waals surface area contributed by atoms with Gasteiger partial charge in [-0.25, -0.2) is 9.97 Å². The van der Waals surface area contributed by atoms with E-state index in [9.17, 15) is 33.9 Å². The van der Waals surface area contributed by atoms with Gasteiger partial charge in [-0.1, -0.05) is 19.9 Å². The van der Waals surface area contributed by atoms with E-state index in [1.54, 1.807) is 36.5 Å². The largest absolute Gasteiger partial charge is 0.392 e. The van der Waals surface area contributed by atoms with E-state index in [0.717, 1.165) is 93.8 Å². The zero-order valence-corrected chi connectivity index (χ0v) is 43.2. The van der Waals surface area contributed by atoms with Gasteiger partial charge in [-0.05, 0) is 135 Å². The highest BCUT2D eigenvalue weighted by atomic mass is 16.3. The number of aromatic nitrogens is 4. The Morgan fingerprint density at radius 1 is 0.773 bits per heavy atom. The standard InChI is InChI=1S/C57H65N11O7/c1-33-29-64(39-8-6-38(7-9-39)63-18-16-35(31-63)34-5-11-42-43(23-34)54(73)68(53(42)72)46-12-14-50(70)61-52(46)71)19-20-65(33)40-10-13-49(59-28-40)60-45-24-37(30-62(4)55(45)74)41-15-17-58-51(44(41)32-69)67-22-21-66-47(56(67)75)25-36-26-57(2,3)27-48(36)66/h5,10-11,13,15,17,23-25,28,30,33,35,38-39,46,69H,6-9,12,14,16,18-22,26-27,29,31-32H2,1-4H3,(H,59,60)(H,61,70,71)/t33-,35+,38?,39?,46?/m0/s1. The van der Waals surface area contributed by atoms with Crippen molar-refractivity contribution in [2.24, 2.45) is 12.5 Å². The first-order chi connectivity index (χ1) is 36.1. The number of carbonyl (C=O) groups excluding carboxylic acids is 5. The first-order valence-electron chi connectivity index (χ1n) is 26.8. The third-order valence-corrected chi connectivity index (χ3v) is 17.4. The van der Waals surface area contributed by atoms with E-state index in [1.165, 1.54) is 15.8 Å². The normalized spacial score (nSPS) is 24.9. The fourth-order valence-electron chi connectivity index (χ4n) is 13.6. The number of hydrogen-bond donors (Lipinski definition) is 3. The molecule has 18 heteroatoms. The molecule has 3 saturated heterocycles. The van der Waals surface area contributed by atoms with Crippen molar-refractivity contribution < 1.29 is 29.1 Å². The number of anilines is 4. The van der Waals surface area contributed by atoms with Gasteiger partial charge < -0.3 is 24.5 Å². The number of carbonyl (C=O) groups is 5. The fraction of sp³-hybridized carbons (Fsp3) is 0.474. The van der Waals surface area contributed by atoms with Crippen LogP contribution in [0.4, 0.5) is 23.0 Å². The first kappa shape index (κ1) is 48.9. The molecular formula is C57H65N11O7. The number of piperidine rings is 1. The number of pyridine rings is 3. The van der Waals surface area contributed by atoms with Gasteiger partial charge in [0.1, 0.15) is 29.1 Å². The van der Waals surface area contributed by atoms with Crippen LogP contribution in [0.2, 0.25) is 0 Å². The molecule has 4 aromatic heterocycles. The van der Waals surface area contributed by atoms with Crippen LogP contribution < -0.4 is 26.0 Å². The average Bonchev–Trinajstić information content (AvgIpc) is 4.19. The topological polar surface area (TPSA) is 199 Å². The number of rotatable bonds is 10. The molecule has 5 amide bonds. The number of nitrogens with zero attached hydrogens (tertiary/aromatic N) is 9. The number of nitrogens with one attached hydrogen (secondary N) is 2. The van der Waals surface area contributed by atoms with Gasteiger partial charge in [0.15, 0.2) is 0 Å². The molecule has 7 aliphatic rings. The van der Waals surface area contributed by atoms with Crippen LogP contribution in [0.3, 0.4) is 0 Å². The van der Waals surface area contributed by atoms with Gasteiger partial charge in [0, 0.05) is 100 Å². The van der Waals surface area contributed by atoms with Crippen LogP contribution in [0.15, 0.2) is 71.9 Å². The molecule has 75 heavy (non-hydrogen) atoms. The number of aliphatic hydroxyl groups is 1. The summed E-state index contributed by atoms with van der Waals surface area (Å²) in [7, 11) is 1.70. The lowest BCUT2D eigenvalue weighted by Crippen LogP contribution is -2.56. The summed E-state index contributed by atoms with van der Waals surface area (Å²) in [5.74, 6) is -0.839. The molecule has 0 bridgehead atoms. The lowest BCUT2D eigenvalue weighted by molar-refractivity contribution is -0.136. The summed E-state index contributed by atoms with van der Waals surface area (Å²) in [6.45, 7) is 12.2. The molecular weight excluding hydrogens is 951 g/mol. The zero-order valence-electron chi connectivity index (χ0n) is 43.2. The Hall–Kier alpha value is -7.02. The minimum absolute atomic E-state index is 0.0942. The molecule has 1 aromatic carbocycles. The lowest BCUT2D eigenvalue weighted by atomic mass is 9.88. The molecule has 1 unspecified atom stereocenters. The molecule has 18 nitrogen and oxygen atoms in total. The third-order valence-electron chi connectivity index (χ3n) is 17.4. The summed E-state index contributed by atoms with van der Waals surface area (Å²) in [5, 5.41) is 16.4. The summed E-state index contributed by atoms with van der Waals surface area (Å²) in [5.41, 5.74) is 8.06. The van der Waals surface area contributed by atoms with E-state index >= 15 is 0 Å². The van der Waals surface area contributed by atoms with Crippen molar-refractivity contribution >= 4 is 52.5 Å². The summed E-state index contributed by atoms with van der Waals surface area (Å²) >= 11 is 0. The predicted molar refractivity (Wildman–Crippen MR) is 282 cm³/mol. The third kappa shape index (κ3) is 8.73. The SMILES string of the molecule is C[C@H]1CN(C2CCC(N3CC[C@@H](c4ccc5c(c4)C(=O)N(C4CCC(=O)NC4=O)C5=O)C3)CC2)CCN1c1ccc(Nc2cc(-c3ccnc(N4CCn5c(cc6c5CC(C)(C)C6)C4=O)c3CO)cn(C)c2=O)nc1. The maximum atomic E-state index is 14.0. The van der Waals surface area contributed by atoms with Crippen molar-refractivity contribution in [1.29, 1.82) is 0 Å². The van der Waals surface area contributed by atoms with Crippen molar-refractivity contribution in [3.05, 3.63) is 117 Å². The molecule has 2 aliphatic carbocycles. The second-order valence-corrected chi connectivity index (χ2v) is 22.8. The minimum Gasteiger partial charge on any atom is -0.392 e. The molecule has 0 radical (unpaired) electrons. The fourth-order valence-corrected chi connectivity index (χ4v) is 13.6. The Bertz CT molecular complexity index is 3230. The lowest BCUT2D eigenvalue weighted by Gasteiger charge is -2.46.